The van der Waals surface area contributed by atoms with Crippen molar-refractivity contribution in [1.29, 1.82) is 0 Å². The van der Waals surface area contributed by atoms with Gasteiger partial charge in [0.1, 0.15) is 0 Å². The van der Waals surface area contributed by atoms with Crippen LogP contribution in [0.5, 0.6) is 0 Å². The van der Waals surface area contributed by atoms with Crippen LogP contribution >= 0.6 is 0 Å². The van der Waals surface area contributed by atoms with Crippen molar-refractivity contribution in [3.05, 3.63) is 36.5 Å². The SMILES string of the molecule is CC(C)Nc1ncc(C(=O)Nc2ccncc2)o1. The van der Waals surface area contributed by atoms with Crippen LogP contribution in [0.1, 0.15) is 24.4 Å². The van der Waals surface area contributed by atoms with Gasteiger partial charge in [-0.05, 0) is 26.0 Å². The molecule has 0 unspecified atom stereocenters. The zero-order valence-electron chi connectivity index (χ0n) is 10.2. The van der Waals surface area contributed by atoms with Crippen molar-refractivity contribution in [2.75, 3.05) is 10.6 Å². The number of carbonyl (C=O) groups is 1. The third kappa shape index (κ3) is 3.07. The van der Waals surface area contributed by atoms with Crippen LogP contribution < -0.4 is 10.6 Å². The molecule has 0 bridgehead atoms. The van der Waals surface area contributed by atoms with Crippen molar-refractivity contribution < 1.29 is 9.21 Å². The van der Waals surface area contributed by atoms with Crippen molar-refractivity contribution in [2.24, 2.45) is 0 Å². The molecule has 0 saturated carbocycles. The summed E-state index contributed by atoms with van der Waals surface area (Å²) in [6, 6.07) is 3.92. The molecule has 0 radical (unpaired) electrons. The topological polar surface area (TPSA) is 80.0 Å². The number of anilines is 2. The van der Waals surface area contributed by atoms with E-state index in [1.807, 2.05) is 13.8 Å². The fourth-order valence-electron chi connectivity index (χ4n) is 1.32. The Hall–Kier alpha value is -2.37. The third-order valence-corrected chi connectivity index (χ3v) is 2.08. The summed E-state index contributed by atoms with van der Waals surface area (Å²) >= 11 is 0. The number of rotatable bonds is 4. The maximum atomic E-state index is 11.8. The second-order valence-electron chi connectivity index (χ2n) is 4.02. The van der Waals surface area contributed by atoms with Gasteiger partial charge in [-0.25, -0.2) is 4.98 Å². The van der Waals surface area contributed by atoms with Gasteiger partial charge in [-0.1, -0.05) is 0 Å². The molecule has 94 valence electrons. The summed E-state index contributed by atoms with van der Waals surface area (Å²) in [5, 5.41) is 5.66. The molecule has 0 saturated heterocycles. The van der Waals surface area contributed by atoms with Gasteiger partial charge in [-0.3, -0.25) is 9.78 Å². The first-order valence-electron chi connectivity index (χ1n) is 5.59. The van der Waals surface area contributed by atoms with Crippen molar-refractivity contribution in [3.8, 4) is 0 Å². The van der Waals surface area contributed by atoms with Crippen LogP contribution in [0.3, 0.4) is 0 Å². The molecule has 2 heterocycles. The molecule has 6 nitrogen and oxygen atoms in total. The Balaban J connectivity index is 2.03. The van der Waals surface area contributed by atoms with Crippen molar-refractivity contribution >= 4 is 17.6 Å². The average Bonchev–Trinajstić information content (AvgIpc) is 2.78. The van der Waals surface area contributed by atoms with Gasteiger partial charge < -0.3 is 15.1 Å². The highest BCUT2D eigenvalue weighted by molar-refractivity contribution is 6.02. The lowest BCUT2D eigenvalue weighted by Gasteiger charge is -2.04. The van der Waals surface area contributed by atoms with E-state index < -0.39 is 0 Å². The largest absolute Gasteiger partial charge is 0.418 e. The van der Waals surface area contributed by atoms with E-state index in [9.17, 15) is 4.79 Å². The van der Waals surface area contributed by atoms with Crippen LogP contribution in [0.25, 0.3) is 0 Å². The van der Waals surface area contributed by atoms with Crippen LogP contribution in [0.15, 0.2) is 35.1 Å². The normalized spacial score (nSPS) is 10.4. The molecule has 6 heteroatoms. The van der Waals surface area contributed by atoms with E-state index in [0.717, 1.165) is 0 Å². The molecule has 18 heavy (non-hydrogen) atoms. The van der Waals surface area contributed by atoms with E-state index in [1.165, 1.54) is 6.20 Å². The molecule has 2 aromatic rings. The maximum Gasteiger partial charge on any atom is 0.295 e. The minimum atomic E-state index is -0.342. The predicted molar refractivity (Wildman–Crippen MR) is 67.5 cm³/mol. The van der Waals surface area contributed by atoms with Crippen LogP contribution in [-0.4, -0.2) is 21.9 Å². The van der Waals surface area contributed by atoms with Crippen LogP contribution in [0.2, 0.25) is 0 Å². The summed E-state index contributed by atoms with van der Waals surface area (Å²) in [7, 11) is 0. The molecule has 0 aliphatic heterocycles. The number of nitrogens with one attached hydrogen (secondary N) is 2. The Morgan fingerprint density at radius 2 is 2.06 bits per heavy atom. The number of hydrogen-bond donors (Lipinski definition) is 2. The molecule has 1 amide bonds. The zero-order chi connectivity index (χ0) is 13.0. The van der Waals surface area contributed by atoms with E-state index in [1.54, 1.807) is 24.5 Å². The molecule has 2 rings (SSSR count). The van der Waals surface area contributed by atoms with E-state index in [2.05, 4.69) is 20.6 Å². The monoisotopic (exact) mass is 246 g/mol. The van der Waals surface area contributed by atoms with Gasteiger partial charge in [0.25, 0.3) is 11.9 Å². The summed E-state index contributed by atoms with van der Waals surface area (Å²) in [6.07, 6.45) is 4.59. The Labute approximate surface area is 104 Å². The molecule has 2 N–H and O–H groups in total. The lowest BCUT2D eigenvalue weighted by Crippen LogP contribution is -2.11. The second kappa shape index (κ2) is 5.31. The van der Waals surface area contributed by atoms with Crippen LogP contribution in [0.4, 0.5) is 11.7 Å². The Kier molecular flexibility index (Phi) is 3.57. The molecule has 0 aliphatic rings. The van der Waals surface area contributed by atoms with Gasteiger partial charge in [-0.2, -0.15) is 0 Å². The molecular weight excluding hydrogens is 232 g/mol. The first kappa shape index (κ1) is 12.1. The van der Waals surface area contributed by atoms with Crippen LogP contribution in [0, 0.1) is 0 Å². The number of oxazole rings is 1. The summed E-state index contributed by atoms with van der Waals surface area (Å²) in [6.45, 7) is 3.92. The fourth-order valence-corrected chi connectivity index (χ4v) is 1.32. The highest BCUT2D eigenvalue weighted by atomic mass is 16.4. The molecule has 0 spiro atoms. The van der Waals surface area contributed by atoms with Gasteiger partial charge in [0, 0.05) is 24.1 Å². The average molecular weight is 246 g/mol. The lowest BCUT2D eigenvalue weighted by atomic mass is 10.4. The summed E-state index contributed by atoms with van der Waals surface area (Å²) in [4.78, 5) is 19.7. The molecule has 0 atom stereocenters. The number of aromatic nitrogens is 2. The first-order valence-corrected chi connectivity index (χ1v) is 5.59. The van der Waals surface area contributed by atoms with E-state index >= 15 is 0 Å². The smallest absolute Gasteiger partial charge is 0.295 e. The highest BCUT2D eigenvalue weighted by Crippen LogP contribution is 2.12. The number of nitrogens with zero attached hydrogens (tertiary/aromatic N) is 2. The van der Waals surface area contributed by atoms with E-state index in [0.29, 0.717) is 11.7 Å². The van der Waals surface area contributed by atoms with Gasteiger partial charge in [0.2, 0.25) is 5.76 Å². The molecule has 2 aromatic heterocycles. The van der Waals surface area contributed by atoms with Crippen molar-refractivity contribution in [1.82, 2.24) is 9.97 Å². The Morgan fingerprint density at radius 1 is 1.33 bits per heavy atom. The summed E-state index contributed by atoms with van der Waals surface area (Å²) < 4.78 is 5.28. The maximum absolute atomic E-state index is 11.8. The van der Waals surface area contributed by atoms with Crippen molar-refractivity contribution in [2.45, 2.75) is 19.9 Å². The Bertz CT molecular complexity index is 522. The quantitative estimate of drug-likeness (QED) is 0.863. The van der Waals surface area contributed by atoms with Gasteiger partial charge in [-0.15, -0.1) is 0 Å². The third-order valence-electron chi connectivity index (χ3n) is 2.08. The lowest BCUT2D eigenvalue weighted by molar-refractivity contribution is 0.0997. The first-order chi connectivity index (χ1) is 8.65. The number of hydrogen-bond acceptors (Lipinski definition) is 5. The summed E-state index contributed by atoms with van der Waals surface area (Å²) in [5.74, 6) is -0.180. The standard InChI is InChI=1S/C12H14N4O2/c1-8(2)15-12-14-7-10(18-12)11(17)16-9-3-5-13-6-4-9/h3-8H,1-2H3,(H,14,15)(H,13,16,17). The number of amides is 1. The molecular formula is C12H14N4O2. The fraction of sp³-hybridized carbons (Fsp3) is 0.250. The van der Waals surface area contributed by atoms with Gasteiger partial charge in [0.15, 0.2) is 0 Å². The van der Waals surface area contributed by atoms with Gasteiger partial charge in [0.05, 0.1) is 6.20 Å². The predicted octanol–water partition coefficient (Wildman–Crippen LogP) is 2.14. The van der Waals surface area contributed by atoms with Crippen LogP contribution in [-0.2, 0) is 0 Å². The minimum Gasteiger partial charge on any atom is -0.418 e. The highest BCUT2D eigenvalue weighted by Gasteiger charge is 2.12. The molecule has 0 aliphatic carbocycles. The second-order valence-corrected chi connectivity index (χ2v) is 4.02. The minimum absolute atomic E-state index is 0.162. The Morgan fingerprint density at radius 3 is 2.72 bits per heavy atom. The molecule has 0 aromatic carbocycles. The van der Waals surface area contributed by atoms with Gasteiger partial charge >= 0.3 is 0 Å². The number of pyridine rings is 1. The zero-order valence-corrected chi connectivity index (χ0v) is 10.2. The summed E-state index contributed by atoms with van der Waals surface area (Å²) in [5.41, 5.74) is 0.657. The van der Waals surface area contributed by atoms with E-state index in [-0.39, 0.29) is 17.7 Å². The number of carbonyl (C=O) groups excluding carboxylic acids is 1. The van der Waals surface area contributed by atoms with E-state index in [4.69, 9.17) is 4.42 Å². The molecule has 0 fully saturated rings. The van der Waals surface area contributed by atoms with Crippen molar-refractivity contribution in [3.63, 3.8) is 0 Å².